The molecule has 33 heavy (non-hydrogen) atoms. The molecule has 0 unspecified atom stereocenters. The number of cyclic esters (lactones) is 1. The normalized spacial score (nSPS) is 16.5. The second-order valence-electron chi connectivity index (χ2n) is 7.63. The standard InChI is InChI=1S/C23H23BrFN5O3/c1-4-17-12-32-23(31)30(17)22-28-14(3)27-21(29-22)26-13(2)15-5-8-18(9-6-15)33-20-10-7-16(25)11-19(20)24/h5-11,13,17H,4,12H2,1-3H3,(H,26,27,28,29)/t13-,17+/m1/s1. The predicted octanol–water partition coefficient (Wildman–Crippen LogP) is 5.78. The van der Waals surface area contributed by atoms with Gasteiger partial charge in [-0.1, -0.05) is 19.1 Å². The second-order valence-corrected chi connectivity index (χ2v) is 8.48. The predicted molar refractivity (Wildman–Crippen MR) is 125 cm³/mol. The van der Waals surface area contributed by atoms with E-state index in [2.05, 4.69) is 36.2 Å². The third-order valence-corrected chi connectivity index (χ3v) is 5.85. The number of aromatic nitrogens is 3. The molecule has 4 rings (SSSR count). The molecule has 3 aromatic rings. The SMILES string of the molecule is CC[C@H]1COC(=O)N1c1nc(C)nc(N[C@H](C)c2ccc(Oc3ccc(F)cc3Br)cc2)n1. The van der Waals surface area contributed by atoms with E-state index in [1.807, 2.05) is 38.1 Å². The molecule has 0 saturated carbocycles. The molecule has 0 bridgehead atoms. The van der Waals surface area contributed by atoms with Gasteiger partial charge in [-0.2, -0.15) is 15.0 Å². The smallest absolute Gasteiger partial charge is 0.417 e. The molecule has 1 aliphatic heterocycles. The third-order valence-electron chi connectivity index (χ3n) is 5.23. The summed E-state index contributed by atoms with van der Waals surface area (Å²) in [5, 5.41) is 3.26. The van der Waals surface area contributed by atoms with Crippen molar-refractivity contribution in [1.82, 2.24) is 15.0 Å². The van der Waals surface area contributed by atoms with E-state index in [4.69, 9.17) is 9.47 Å². The van der Waals surface area contributed by atoms with E-state index in [1.165, 1.54) is 17.0 Å². The summed E-state index contributed by atoms with van der Waals surface area (Å²) in [6.45, 7) is 6.03. The highest BCUT2D eigenvalue weighted by atomic mass is 79.9. The number of rotatable bonds is 7. The van der Waals surface area contributed by atoms with Crippen LogP contribution in [0.3, 0.4) is 0 Å². The van der Waals surface area contributed by atoms with Gasteiger partial charge in [0, 0.05) is 0 Å². The molecule has 1 N–H and O–H groups in total. The van der Waals surface area contributed by atoms with Crippen molar-refractivity contribution in [2.45, 2.75) is 39.3 Å². The zero-order valence-corrected chi connectivity index (χ0v) is 20.0. The molecule has 8 nitrogen and oxygen atoms in total. The Bertz CT molecular complexity index is 1160. The number of nitrogens with one attached hydrogen (secondary N) is 1. The quantitative estimate of drug-likeness (QED) is 0.426. The Labute approximate surface area is 199 Å². The average molecular weight is 516 g/mol. The van der Waals surface area contributed by atoms with Gasteiger partial charge in [-0.25, -0.2) is 14.1 Å². The van der Waals surface area contributed by atoms with Crippen LogP contribution in [0.15, 0.2) is 46.9 Å². The number of carbonyl (C=O) groups is 1. The zero-order valence-electron chi connectivity index (χ0n) is 18.4. The van der Waals surface area contributed by atoms with E-state index in [-0.39, 0.29) is 23.8 Å². The number of hydrogen-bond donors (Lipinski definition) is 1. The molecule has 172 valence electrons. The van der Waals surface area contributed by atoms with Gasteiger partial charge in [0.2, 0.25) is 11.9 Å². The van der Waals surface area contributed by atoms with Gasteiger partial charge >= 0.3 is 6.09 Å². The molecule has 2 atom stereocenters. The molecular formula is C23H23BrFN5O3. The molecule has 1 amide bonds. The van der Waals surface area contributed by atoms with Crippen molar-refractivity contribution in [1.29, 1.82) is 0 Å². The maximum Gasteiger partial charge on any atom is 0.417 e. The van der Waals surface area contributed by atoms with Crippen molar-refractivity contribution in [3.05, 3.63) is 64.1 Å². The summed E-state index contributed by atoms with van der Waals surface area (Å²) >= 11 is 3.30. The number of amides is 1. The number of ether oxygens (including phenoxy) is 2. The largest absolute Gasteiger partial charge is 0.456 e. The van der Waals surface area contributed by atoms with Crippen LogP contribution >= 0.6 is 15.9 Å². The van der Waals surface area contributed by atoms with Crippen LogP contribution in [0.5, 0.6) is 11.5 Å². The Balaban J connectivity index is 1.47. The average Bonchev–Trinajstić information content (AvgIpc) is 3.16. The molecule has 2 aromatic carbocycles. The number of aryl methyl sites for hydroxylation is 1. The first-order valence-electron chi connectivity index (χ1n) is 10.5. The van der Waals surface area contributed by atoms with E-state index in [0.29, 0.717) is 34.4 Å². The molecule has 1 fully saturated rings. The fraction of sp³-hybridized carbons (Fsp3) is 0.304. The van der Waals surface area contributed by atoms with Crippen LogP contribution in [0.1, 0.15) is 37.7 Å². The maximum atomic E-state index is 13.3. The van der Waals surface area contributed by atoms with Crippen LogP contribution in [0.2, 0.25) is 0 Å². The van der Waals surface area contributed by atoms with Crippen molar-refractivity contribution in [3.63, 3.8) is 0 Å². The summed E-state index contributed by atoms with van der Waals surface area (Å²) in [7, 11) is 0. The van der Waals surface area contributed by atoms with Crippen LogP contribution in [-0.2, 0) is 4.74 Å². The lowest BCUT2D eigenvalue weighted by Gasteiger charge is -2.20. The number of anilines is 2. The van der Waals surface area contributed by atoms with Crippen LogP contribution in [0.4, 0.5) is 21.1 Å². The fourth-order valence-electron chi connectivity index (χ4n) is 3.43. The van der Waals surface area contributed by atoms with Gasteiger partial charge in [0.05, 0.1) is 16.6 Å². The van der Waals surface area contributed by atoms with Crippen molar-refractivity contribution < 1.29 is 18.7 Å². The topological polar surface area (TPSA) is 89.5 Å². The van der Waals surface area contributed by atoms with Crippen molar-refractivity contribution in [2.24, 2.45) is 0 Å². The van der Waals surface area contributed by atoms with Crippen LogP contribution in [0.25, 0.3) is 0 Å². The minimum absolute atomic E-state index is 0.0988. The molecule has 10 heteroatoms. The van der Waals surface area contributed by atoms with E-state index >= 15 is 0 Å². The van der Waals surface area contributed by atoms with Gasteiger partial charge in [-0.05, 0) is 72.1 Å². The number of carbonyl (C=O) groups excluding carboxylic acids is 1. The minimum atomic E-state index is -0.449. The molecule has 2 heterocycles. The highest BCUT2D eigenvalue weighted by Crippen LogP contribution is 2.31. The summed E-state index contributed by atoms with van der Waals surface area (Å²) in [6, 6.07) is 11.5. The first-order valence-corrected chi connectivity index (χ1v) is 11.3. The lowest BCUT2D eigenvalue weighted by Crippen LogP contribution is -2.34. The highest BCUT2D eigenvalue weighted by Gasteiger charge is 2.35. The Morgan fingerprint density at radius 2 is 2.00 bits per heavy atom. The third kappa shape index (κ3) is 5.22. The molecule has 0 spiro atoms. The highest BCUT2D eigenvalue weighted by molar-refractivity contribution is 9.10. The summed E-state index contributed by atoms with van der Waals surface area (Å²) in [4.78, 5) is 26.8. The van der Waals surface area contributed by atoms with E-state index < -0.39 is 6.09 Å². The van der Waals surface area contributed by atoms with E-state index in [0.717, 1.165) is 12.0 Å². The van der Waals surface area contributed by atoms with Crippen LogP contribution in [-0.4, -0.2) is 33.7 Å². The van der Waals surface area contributed by atoms with Crippen molar-refractivity contribution in [3.8, 4) is 11.5 Å². The first-order chi connectivity index (χ1) is 15.8. The number of hydrogen-bond acceptors (Lipinski definition) is 7. The lowest BCUT2D eigenvalue weighted by molar-refractivity contribution is 0.178. The summed E-state index contributed by atoms with van der Waals surface area (Å²) < 4.78 is 24.8. The Hall–Kier alpha value is -3.27. The molecule has 0 radical (unpaired) electrons. The van der Waals surface area contributed by atoms with Crippen LogP contribution < -0.4 is 15.0 Å². The number of nitrogens with zero attached hydrogens (tertiary/aromatic N) is 4. The van der Waals surface area contributed by atoms with Gasteiger partial charge in [0.1, 0.15) is 29.7 Å². The van der Waals surface area contributed by atoms with Gasteiger partial charge in [-0.15, -0.1) is 0 Å². The van der Waals surface area contributed by atoms with Crippen LogP contribution in [0, 0.1) is 12.7 Å². The molecule has 1 aromatic heterocycles. The Morgan fingerprint density at radius 1 is 1.24 bits per heavy atom. The Kier molecular flexibility index (Phi) is 6.73. The summed E-state index contributed by atoms with van der Waals surface area (Å²) in [5.74, 6) is 1.95. The molecule has 1 saturated heterocycles. The number of benzene rings is 2. The minimum Gasteiger partial charge on any atom is -0.456 e. The van der Waals surface area contributed by atoms with E-state index in [9.17, 15) is 9.18 Å². The fourth-order valence-corrected chi connectivity index (χ4v) is 3.86. The first kappa shape index (κ1) is 22.9. The number of halogens is 2. The van der Waals surface area contributed by atoms with Crippen molar-refractivity contribution >= 4 is 33.9 Å². The van der Waals surface area contributed by atoms with E-state index in [1.54, 1.807) is 13.0 Å². The molecule has 1 aliphatic rings. The Morgan fingerprint density at radius 3 is 2.70 bits per heavy atom. The van der Waals surface area contributed by atoms with Crippen molar-refractivity contribution in [2.75, 3.05) is 16.8 Å². The maximum absolute atomic E-state index is 13.3. The van der Waals surface area contributed by atoms with Gasteiger partial charge in [-0.3, -0.25) is 0 Å². The van der Waals surface area contributed by atoms with Gasteiger partial charge < -0.3 is 14.8 Å². The molecular weight excluding hydrogens is 493 g/mol. The van der Waals surface area contributed by atoms with Gasteiger partial charge in [0.25, 0.3) is 0 Å². The lowest BCUT2D eigenvalue weighted by atomic mass is 10.1. The zero-order chi connectivity index (χ0) is 23.5. The monoisotopic (exact) mass is 515 g/mol. The molecule has 0 aliphatic carbocycles. The second kappa shape index (κ2) is 9.70. The summed E-state index contributed by atoms with van der Waals surface area (Å²) in [6.07, 6.45) is 0.285. The van der Waals surface area contributed by atoms with Gasteiger partial charge in [0.15, 0.2) is 0 Å². The summed E-state index contributed by atoms with van der Waals surface area (Å²) in [5.41, 5.74) is 0.979.